The Morgan fingerprint density at radius 2 is 1.78 bits per heavy atom. The molecule has 0 saturated heterocycles. The molecule has 1 atom stereocenters. The highest BCUT2D eigenvalue weighted by Gasteiger charge is 2.42. The van der Waals surface area contributed by atoms with E-state index in [1.807, 2.05) is 30.3 Å². The summed E-state index contributed by atoms with van der Waals surface area (Å²) in [4.78, 5) is 28.4. The molecule has 32 heavy (non-hydrogen) atoms. The van der Waals surface area contributed by atoms with Crippen LogP contribution in [0.3, 0.4) is 0 Å². The van der Waals surface area contributed by atoms with Crippen LogP contribution in [0.15, 0.2) is 82.0 Å². The van der Waals surface area contributed by atoms with Crippen LogP contribution < -0.4 is 10.2 Å². The molecule has 1 amide bonds. The van der Waals surface area contributed by atoms with Gasteiger partial charge in [0.25, 0.3) is 5.91 Å². The number of hydrogen-bond donors (Lipinski definition) is 1. The summed E-state index contributed by atoms with van der Waals surface area (Å²) in [7, 11) is 1.61. The largest absolute Gasteiger partial charge is 0.508 e. The first-order chi connectivity index (χ1) is 15.6. The molecule has 0 saturated carbocycles. The highest BCUT2D eigenvalue weighted by molar-refractivity contribution is 5.99. The van der Waals surface area contributed by atoms with E-state index in [0.717, 1.165) is 11.3 Å². The predicted molar refractivity (Wildman–Crippen MR) is 120 cm³/mol. The van der Waals surface area contributed by atoms with Gasteiger partial charge in [0.1, 0.15) is 17.1 Å². The molecule has 4 aromatic rings. The molecule has 0 aliphatic carbocycles. The zero-order valence-corrected chi connectivity index (χ0v) is 17.4. The smallest absolute Gasteiger partial charge is 0.290 e. The number of hydrogen-bond acceptors (Lipinski definition) is 5. The molecule has 0 spiro atoms. The number of nitrogens with zero attached hydrogens (tertiary/aromatic N) is 1. The fourth-order valence-electron chi connectivity index (χ4n) is 4.28. The predicted octanol–water partition coefficient (Wildman–Crippen LogP) is 4.30. The van der Waals surface area contributed by atoms with Gasteiger partial charge in [-0.1, -0.05) is 36.4 Å². The molecule has 0 bridgehead atoms. The number of phenolic OH excluding ortho intramolecular Hbond substituents is 1. The third-order valence-electron chi connectivity index (χ3n) is 5.86. The molecule has 6 heteroatoms. The fourth-order valence-corrected chi connectivity index (χ4v) is 4.28. The van der Waals surface area contributed by atoms with E-state index in [9.17, 15) is 14.7 Å². The highest BCUT2D eigenvalue weighted by Crippen LogP contribution is 2.39. The van der Waals surface area contributed by atoms with Gasteiger partial charge in [0.2, 0.25) is 5.76 Å². The Morgan fingerprint density at radius 3 is 2.53 bits per heavy atom. The minimum absolute atomic E-state index is 0.0665. The SMILES string of the molecule is COc1ccc(CCN2C(=O)c3oc4ccccc4c(=O)c3C2c2cccc(O)c2)cc1. The number of para-hydroxylation sites is 1. The van der Waals surface area contributed by atoms with Crippen molar-refractivity contribution in [2.24, 2.45) is 0 Å². The van der Waals surface area contributed by atoms with Crippen LogP contribution in [0.5, 0.6) is 11.5 Å². The molecular weight excluding hydrogens is 406 g/mol. The van der Waals surface area contributed by atoms with Gasteiger partial charge < -0.3 is 19.2 Å². The van der Waals surface area contributed by atoms with Gasteiger partial charge in [-0.25, -0.2) is 0 Å². The van der Waals surface area contributed by atoms with Crippen LogP contribution in [0.25, 0.3) is 11.0 Å². The van der Waals surface area contributed by atoms with Crippen molar-refractivity contribution in [2.45, 2.75) is 12.5 Å². The van der Waals surface area contributed by atoms with Crippen LogP contribution in [0.4, 0.5) is 0 Å². The number of rotatable bonds is 5. The number of carbonyl (C=O) groups excluding carboxylic acids is 1. The second-order valence-electron chi connectivity index (χ2n) is 7.76. The lowest BCUT2D eigenvalue weighted by atomic mass is 9.98. The van der Waals surface area contributed by atoms with Crippen LogP contribution in [0, 0.1) is 0 Å². The normalized spacial score (nSPS) is 15.2. The van der Waals surface area contributed by atoms with Crippen molar-refractivity contribution in [3.05, 3.63) is 105 Å². The summed E-state index contributed by atoms with van der Waals surface area (Å²) < 4.78 is 11.1. The van der Waals surface area contributed by atoms with Crippen LogP contribution in [-0.4, -0.2) is 29.6 Å². The maximum absolute atomic E-state index is 13.4. The first-order valence-electron chi connectivity index (χ1n) is 10.4. The second-order valence-corrected chi connectivity index (χ2v) is 7.76. The molecule has 0 fully saturated rings. The second kappa shape index (κ2) is 7.89. The van der Waals surface area contributed by atoms with E-state index in [2.05, 4.69) is 0 Å². The van der Waals surface area contributed by atoms with E-state index >= 15 is 0 Å². The Morgan fingerprint density at radius 1 is 1.00 bits per heavy atom. The molecular formula is C26H21NO5. The van der Waals surface area contributed by atoms with Crippen molar-refractivity contribution in [2.75, 3.05) is 13.7 Å². The van der Waals surface area contributed by atoms with Crippen LogP contribution in [0.1, 0.15) is 33.3 Å². The van der Waals surface area contributed by atoms with E-state index in [1.165, 1.54) is 0 Å². The van der Waals surface area contributed by atoms with Crippen LogP contribution in [0.2, 0.25) is 0 Å². The average Bonchev–Trinajstić information content (AvgIpc) is 3.10. The number of methoxy groups -OCH3 is 1. The lowest BCUT2D eigenvalue weighted by molar-refractivity contribution is 0.0730. The zero-order chi connectivity index (χ0) is 22.2. The van der Waals surface area contributed by atoms with Crippen molar-refractivity contribution in [3.8, 4) is 11.5 Å². The molecule has 2 heterocycles. The minimum atomic E-state index is -0.635. The van der Waals surface area contributed by atoms with Gasteiger partial charge in [0, 0.05) is 6.54 Å². The number of ether oxygens (including phenoxy) is 1. The van der Waals surface area contributed by atoms with E-state index in [1.54, 1.807) is 54.5 Å². The minimum Gasteiger partial charge on any atom is -0.508 e. The van der Waals surface area contributed by atoms with Gasteiger partial charge in [-0.05, 0) is 53.9 Å². The number of aromatic hydroxyl groups is 1. The summed E-state index contributed by atoms with van der Waals surface area (Å²) in [6, 6.07) is 20.6. The summed E-state index contributed by atoms with van der Waals surface area (Å²) in [6.07, 6.45) is 0.590. The fraction of sp³-hybridized carbons (Fsp3) is 0.154. The monoisotopic (exact) mass is 427 g/mol. The topological polar surface area (TPSA) is 80.0 Å². The van der Waals surface area contributed by atoms with Crippen molar-refractivity contribution >= 4 is 16.9 Å². The van der Waals surface area contributed by atoms with Gasteiger partial charge in [0.15, 0.2) is 5.43 Å². The standard InChI is InChI=1S/C26H21NO5/c1-31-19-11-9-16(10-12-19)13-14-27-23(17-5-4-6-18(28)15-17)22-24(29)20-7-2-3-8-21(20)32-25(22)26(27)30/h2-12,15,23,28H,13-14H2,1H3. The Labute approximate surface area is 184 Å². The van der Waals surface area contributed by atoms with E-state index in [4.69, 9.17) is 9.15 Å². The quantitative estimate of drug-likeness (QED) is 0.514. The molecule has 160 valence electrons. The number of phenols is 1. The molecule has 6 nitrogen and oxygen atoms in total. The zero-order valence-electron chi connectivity index (χ0n) is 17.4. The molecule has 3 aromatic carbocycles. The van der Waals surface area contributed by atoms with Crippen molar-refractivity contribution < 1.29 is 19.1 Å². The number of benzene rings is 3. The van der Waals surface area contributed by atoms with Gasteiger partial charge in [0.05, 0.1) is 24.1 Å². The van der Waals surface area contributed by atoms with Crippen LogP contribution >= 0.6 is 0 Å². The Hall–Kier alpha value is -4.06. The molecule has 0 radical (unpaired) electrons. The average molecular weight is 427 g/mol. The number of amides is 1. The molecule has 1 aliphatic heterocycles. The van der Waals surface area contributed by atoms with Crippen molar-refractivity contribution in [3.63, 3.8) is 0 Å². The number of fused-ring (bicyclic) bond motifs is 2. The van der Waals surface area contributed by atoms with Gasteiger partial charge in [-0.2, -0.15) is 0 Å². The maximum atomic E-state index is 13.4. The summed E-state index contributed by atoms with van der Waals surface area (Å²) in [5, 5.41) is 10.5. The lowest BCUT2D eigenvalue weighted by Crippen LogP contribution is -2.31. The van der Waals surface area contributed by atoms with E-state index in [0.29, 0.717) is 35.1 Å². The summed E-state index contributed by atoms with van der Waals surface area (Å²) in [6.45, 7) is 0.380. The van der Waals surface area contributed by atoms with Gasteiger partial charge in [-0.15, -0.1) is 0 Å². The molecule has 1 unspecified atom stereocenters. The maximum Gasteiger partial charge on any atom is 0.290 e. The lowest BCUT2D eigenvalue weighted by Gasteiger charge is -2.25. The van der Waals surface area contributed by atoms with Crippen molar-refractivity contribution in [1.29, 1.82) is 0 Å². The van der Waals surface area contributed by atoms with E-state index < -0.39 is 6.04 Å². The Bertz CT molecular complexity index is 1370. The molecule has 5 rings (SSSR count). The van der Waals surface area contributed by atoms with Crippen LogP contribution in [-0.2, 0) is 6.42 Å². The van der Waals surface area contributed by atoms with E-state index in [-0.39, 0.29) is 22.8 Å². The Kier molecular flexibility index (Phi) is 4.90. The third kappa shape index (κ3) is 3.30. The highest BCUT2D eigenvalue weighted by atomic mass is 16.5. The summed E-state index contributed by atoms with van der Waals surface area (Å²) in [5.41, 5.74) is 2.17. The Balaban J connectivity index is 1.59. The molecule has 1 aliphatic rings. The van der Waals surface area contributed by atoms with Gasteiger partial charge >= 0.3 is 0 Å². The summed E-state index contributed by atoms with van der Waals surface area (Å²) in [5.74, 6) is 0.572. The number of carbonyl (C=O) groups is 1. The molecule has 1 aromatic heterocycles. The summed E-state index contributed by atoms with van der Waals surface area (Å²) >= 11 is 0. The first kappa shape index (κ1) is 19.9. The molecule has 1 N–H and O–H groups in total. The first-order valence-corrected chi connectivity index (χ1v) is 10.4. The van der Waals surface area contributed by atoms with Gasteiger partial charge in [-0.3, -0.25) is 9.59 Å². The third-order valence-corrected chi connectivity index (χ3v) is 5.86. The van der Waals surface area contributed by atoms with Crippen molar-refractivity contribution in [1.82, 2.24) is 4.90 Å².